The summed E-state index contributed by atoms with van der Waals surface area (Å²) in [6, 6.07) is 5.89. The average Bonchev–Trinajstić information content (AvgIpc) is 2.36. The lowest BCUT2D eigenvalue weighted by atomic mass is 10.4. The molecule has 0 saturated carbocycles. The third-order valence-corrected chi connectivity index (χ3v) is 2.48. The Morgan fingerprint density at radius 3 is 2.76 bits per heavy atom. The van der Waals surface area contributed by atoms with E-state index in [4.69, 9.17) is 4.74 Å². The predicted octanol–water partition coefficient (Wildman–Crippen LogP) is 1.11. The van der Waals surface area contributed by atoms with Gasteiger partial charge in [0.2, 0.25) is 0 Å². The number of methoxy groups -OCH3 is 1. The number of nitrogens with one attached hydrogen (secondary N) is 2. The highest BCUT2D eigenvalue weighted by Gasteiger charge is 1.98. The molecular weight excluding hydrogens is 216 g/mol. The van der Waals surface area contributed by atoms with Crippen molar-refractivity contribution >= 4 is 11.6 Å². The molecular formula is C12H22N4O. The summed E-state index contributed by atoms with van der Waals surface area (Å²) in [5, 5.41) is 6.31. The Kier molecular flexibility index (Phi) is 6.35. The van der Waals surface area contributed by atoms with Crippen LogP contribution in [0, 0.1) is 0 Å². The van der Waals surface area contributed by atoms with Crippen LogP contribution in [0.5, 0.6) is 0 Å². The lowest BCUT2D eigenvalue weighted by Crippen LogP contribution is -2.28. The second-order valence-corrected chi connectivity index (χ2v) is 3.88. The number of rotatable bonds is 8. The molecule has 5 heteroatoms. The van der Waals surface area contributed by atoms with Crippen LogP contribution in [0.15, 0.2) is 18.2 Å². The summed E-state index contributed by atoms with van der Waals surface area (Å²) in [4.78, 5) is 6.61. The van der Waals surface area contributed by atoms with Crippen molar-refractivity contribution in [1.29, 1.82) is 0 Å². The van der Waals surface area contributed by atoms with Gasteiger partial charge in [0.05, 0.1) is 6.61 Å². The van der Waals surface area contributed by atoms with Crippen LogP contribution < -0.4 is 10.6 Å². The molecule has 0 aromatic carbocycles. The fourth-order valence-corrected chi connectivity index (χ4v) is 1.41. The summed E-state index contributed by atoms with van der Waals surface area (Å²) in [6.07, 6.45) is 0. The van der Waals surface area contributed by atoms with Crippen LogP contribution in [-0.2, 0) is 4.74 Å². The van der Waals surface area contributed by atoms with Gasteiger partial charge in [-0.25, -0.2) is 4.98 Å². The van der Waals surface area contributed by atoms with E-state index in [9.17, 15) is 0 Å². The van der Waals surface area contributed by atoms with Crippen molar-refractivity contribution in [3.63, 3.8) is 0 Å². The molecule has 96 valence electrons. The van der Waals surface area contributed by atoms with Gasteiger partial charge in [-0.3, -0.25) is 0 Å². The van der Waals surface area contributed by atoms with Crippen LogP contribution in [-0.4, -0.2) is 57.3 Å². The van der Waals surface area contributed by atoms with Crippen LogP contribution in [0.25, 0.3) is 0 Å². The molecule has 1 aromatic heterocycles. The molecule has 17 heavy (non-hydrogen) atoms. The number of likely N-dealkylation sites (N-methyl/N-ethyl adjacent to an activating group) is 1. The quantitative estimate of drug-likeness (QED) is 0.710. The summed E-state index contributed by atoms with van der Waals surface area (Å²) >= 11 is 0. The van der Waals surface area contributed by atoms with Gasteiger partial charge in [-0.15, -0.1) is 0 Å². The van der Waals surface area contributed by atoms with E-state index in [0.29, 0.717) is 0 Å². The SMILES string of the molecule is CNc1cccc(NCCN(C)CCOC)n1. The van der Waals surface area contributed by atoms with Crippen LogP contribution in [0.2, 0.25) is 0 Å². The first-order valence-corrected chi connectivity index (χ1v) is 5.82. The number of pyridine rings is 1. The van der Waals surface area contributed by atoms with Crippen LogP contribution in [0.1, 0.15) is 0 Å². The maximum Gasteiger partial charge on any atom is 0.128 e. The number of hydrogen-bond donors (Lipinski definition) is 2. The van der Waals surface area contributed by atoms with Crippen molar-refractivity contribution in [1.82, 2.24) is 9.88 Å². The van der Waals surface area contributed by atoms with Gasteiger partial charge >= 0.3 is 0 Å². The van der Waals surface area contributed by atoms with Crippen molar-refractivity contribution in [2.45, 2.75) is 0 Å². The Hall–Kier alpha value is -1.33. The van der Waals surface area contributed by atoms with Crippen LogP contribution in [0.3, 0.4) is 0 Å². The van der Waals surface area contributed by atoms with Crippen LogP contribution >= 0.6 is 0 Å². The third kappa shape index (κ3) is 5.51. The fourth-order valence-electron chi connectivity index (χ4n) is 1.41. The molecule has 0 spiro atoms. The van der Waals surface area contributed by atoms with Gasteiger partial charge < -0.3 is 20.3 Å². The minimum absolute atomic E-state index is 0.768. The van der Waals surface area contributed by atoms with Gasteiger partial charge in [0.1, 0.15) is 11.6 Å². The van der Waals surface area contributed by atoms with E-state index >= 15 is 0 Å². The minimum atomic E-state index is 0.768. The third-order valence-electron chi connectivity index (χ3n) is 2.48. The molecule has 1 aromatic rings. The number of ether oxygens (including phenoxy) is 1. The van der Waals surface area contributed by atoms with Gasteiger partial charge in [-0.2, -0.15) is 0 Å². The molecule has 0 aliphatic heterocycles. The Morgan fingerprint density at radius 1 is 1.29 bits per heavy atom. The Bertz CT molecular complexity index is 319. The molecule has 0 fully saturated rings. The molecule has 0 aliphatic carbocycles. The topological polar surface area (TPSA) is 49.4 Å². The molecule has 0 amide bonds. The molecule has 1 rings (SSSR count). The van der Waals surface area contributed by atoms with Crippen molar-refractivity contribution in [3.8, 4) is 0 Å². The van der Waals surface area contributed by atoms with Crippen molar-refractivity contribution in [2.24, 2.45) is 0 Å². The highest BCUT2D eigenvalue weighted by atomic mass is 16.5. The minimum Gasteiger partial charge on any atom is -0.383 e. The molecule has 0 bridgehead atoms. The van der Waals surface area contributed by atoms with Crippen molar-refractivity contribution in [3.05, 3.63) is 18.2 Å². The zero-order valence-electron chi connectivity index (χ0n) is 10.9. The first-order chi connectivity index (χ1) is 8.26. The number of aromatic nitrogens is 1. The first-order valence-electron chi connectivity index (χ1n) is 5.82. The van der Waals surface area contributed by atoms with Crippen LogP contribution in [0.4, 0.5) is 11.6 Å². The van der Waals surface area contributed by atoms with E-state index in [1.165, 1.54) is 0 Å². The normalized spacial score (nSPS) is 10.6. The predicted molar refractivity (Wildman–Crippen MR) is 71.6 cm³/mol. The molecule has 5 nitrogen and oxygen atoms in total. The van der Waals surface area contributed by atoms with Crippen molar-refractivity contribution < 1.29 is 4.74 Å². The summed E-state index contributed by atoms with van der Waals surface area (Å²) in [6.45, 7) is 3.56. The second kappa shape index (κ2) is 7.86. The molecule has 0 atom stereocenters. The molecule has 0 unspecified atom stereocenters. The fraction of sp³-hybridized carbons (Fsp3) is 0.583. The highest BCUT2D eigenvalue weighted by Crippen LogP contribution is 2.07. The number of nitrogens with zero attached hydrogens (tertiary/aromatic N) is 2. The van der Waals surface area contributed by atoms with E-state index in [1.807, 2.05) is 25.2 Å². The van der Waals surface area contributed by atoms with Gasteiger partial charge in [0.15, 0.2) is 0 Å². The molecule has 0 aliphatic rings. The van der Waals surface area contributed by atoms with Gasteiger partial charge in [0, 0.05) is 33.8 Å². The zero-order chi connectivity index (χ0) is 12.5. The van der Waals surface area contributed by atoms with E-state index in [1.54, 1.807) is 7.11 Å². The van der Waals surface area contributed by atoms with Gasteiger partial charge in [-0.05, 0) is 19.2 Å². The molecule has 2 N–H and O–H groups in total. The Morgan fingerprint density at radius 2 is 2.06 bits per heavy atom. The number of anilines is 2. The lowest BCUT2D eigenvalue weighted by molar-refractivity contribution is 0.163. The molecule has 1 heterocycles. The smallest absolute Gasteiger partial charge is 0.128 e. The van der Waals surface area contributed by atoms with E-state index < -0.39 is 0 Å². The number of hydrogen-bond acceptors (Lipinski definition) is 5. The largest absolute Gasteiger partial charge is 0.383 e. The van der Waals surface area contributed by atoms with Crippen molar-refractivity contribution in [2.75, 3.05) is 58.1 Å². The molecule has 0 saturated heterocycles. The molecule has 0 radical (unpaired) electrons. The van der Waals surface area contributed by atoms with Gasteiger partial charge in [0.25, 0.3) is 0 Å². The maximum atomic E-state index is 5.02. The van der Waals surface area contributed by atoms with E-state index in [2.05, 4.69) is 27.6 Å². The lowest BCUT2D eigenvalue weighted by Gasteiger charge is -2.16. The Labute approximate surface area is 103 Å². The summed E-state index contributed by atoms with van der Waals surface area (Å²) in [5.41, 5.74) is 0. The summed E-state index contributed by atoms with van der Waals surface area (Å²) < 4.78 is 5.02. The second-order valence-electron chi connectivity index (χ2n) is 3.88. The standard InChI is InChI=1S/C12H22N4O/c1-13-11-5-4-6-12(15-11)14-7-8-16(2)9-10-17-3/h4-6H,7-10H2,1-3H3,(H2,13,14,15). The average molecular weight is 238 g/mol. The van der Waals surface area contributed by atoms with E-state index in [0.717, 1.165) is 37.9 Å². The first kappa shape index (κ1) is 13.7. The zero-order valence-corrected chi connectivity index (χ0v) is 10.9. The summed E-state index contributed by atoms with van der Waals surface area (Å²) in [7, 11) is 5.67. The highest BCUT2D eigenvalue weighted by molar-refractivity contribution is 5.44. The van der Waals surface area contributed by atoms with E-state index in [-0.39, 0.29) is 0 Å². The Balaban J connectivity index is 2.25. The maximum absolute atomic E-state index is 5.02. The van der Waals surface area contributed by atoms with Gasteiger partial charge in [-0.1, -0.05) is 6.07 Å². The summed E-state index contributed by atoms with van der Waals surface area (Å²) in [5.74, 6) is 1.78. The monoisotopic (exact) mass is 238 g/mol.